The van der Waals surface area contributed by atoms with Gasteiger partial charge in [0.05, 0.1) is 6.04 Å². The van der Waals surface area contributed by atoms with Crippen LogP contribution in [0.5, 0.6) is 0 Å². The van der Waals surface area contributed by atoms with Crippen molar-refractivity contribution in [3.63, 3.8) is 0 Å². The van der Waals surface area contributed by atoms with Crippen LogP contribution in [-0.2, 0) is 11.2 Å². The van der Waals surface area contributed by atoms with Crippen LogP contribution in [0.2, 0.25) is 5.02 Å². The van der Waals surface area contributed by atoms with Gasteiger partial charge in [-0.3, -0.25) is 14.6 Å². The van der Waals surface area contributed by atoms with Gasteiger partial charge in [-0.2, -0.15) is 5.21 Å². The van der Waals surface area contributed by atoms with Crippen LogP contribution in [0.15, 0.2) is 47.5 Å². The monoisotopic (exact) mass is 645 g/mol. The number of aromatic amines is 1. The Morgan fingerprint density at radius 1 is 1.09 bits per heavy atom. The number of nitrogens with one attached hydrogen (secondary N) is 2. The highest BCUT2D eigenvalue weighted by Crippen LogP contribution is 2.50. The zero-order valence-electron chi connectivity index (χ0n) is 28.3. The molecule has 1 unspecified atom stereocenters. The molecule has 10 heteroatoms. The number of aryl methyl sites for hydroxylation is 1. The van der Waals surface area contributed by atoms with Crippen molar-refractivity contribution >= 4 is 29.1 Å². The Labute approximate surface area is 278 Å². The molecule has 1 spiro atoms. The van der Waals surface area contributed by atoms with E-state index >= 15 is 0 Å². The van der Waals surface area contributed by atoms with Crippen LogP contribution in [0, 0.1) is 23.7 Å². The van der Waals surface area contributed by atoms with Gasteiger partial charge in [-0.05, 0) is 104 Å². The molecule has 1 atom stereocenters. The highest BCUT2D eigenvalue weighted by atomic mass is 35.5. The number of carbonyl (C=O) groups is 2. The predicted octanol–water partition coefficient (Wildman–Crippen LogP) is 7.27. The fourth-order valence-electron chi connectivity index (χ4n) is 6.95. The van der Waals surface area contributed by atoms with E-state index in [-0.39, 0.29) is 28.7 Å². The molecule has 1 saturated carbocycles. The van der Waals surface area contributed by atoms with Gasteiger partial charge in [0.15, 0.2) is 5.82 Å². The lowest BCUT2D eigenvalue weighted by Crippen LogP contribution is -2.51. The van der Waals surface area contributed by atoms with E-state index in [0.717, 1.165) is 55.2 Å². The summed E-state index contributed by atoms with van der Waals surface area (Å²) >= 11 is 6.49. The first-order chi connectivity index (χ1) is 21.6. The fourth-order valence-corrected chi connectivity index (χ4v) is 7.24. The summed E-state index contributed by atoms with van der Waals surface area (Å²) in [4.78, 5) is 35.1. The lowest BCUT2D eigenvalue weighted by molar-refractivity contribution is -0.134. The van der Waals surface area contributed by atoms with Crippen molar-refractivity contribution < 1.29 is 9.59 Å². The maximum Gasteiger partial charge on any atom is 0.275 e. The average Bonchev–Trinajstić information content (AvgIpc) is 3.59. The Morgan fingerprint density at radius 2 is 1.78 bits per heavy atom. The van der Waals surface area contributed by atoms with Gasteiger partial charge in [-0.1, -0.05) is 70.5 Å². The Morgan fingerprint density at radius 3 is 2.37 bits per heavy atom. The maximum absolute atomic E-state index is 14.7. The molecular weight excluding hydrogens is 598 g/mol. The topological polar surface area (TPSA) is 116 Å². The third-order valence-electron chi connectivity index (χ3n) is 9.58. The van der Waals surface area contributed by atoms with Gasteiger partial charge in [-0.15, -0.1) is 10.2 Å². The molecule has 0 saturated heterocycles. The summed E-state index contributed by atoms with van der Waals surface area (Å²) in [5.74, 6) is 0.900. The molecule has 1 aliphatic carbocycles. The van der Waals surface area contributed by atoms with E-state index in [9.17, 15) is 9.59 Å². The van der Waals surface area contributed by atoms with Crippen molar-refractivity contribution in [2.75, 3.05) is 6.54 Å². The van der Waals surface area contributed by atoms with E-state index in [1.165, 1.54) is 0 Å². The Kier molecular flexibility index (Phi) is 9.73. The van der Waals surface area contributed by atoms with Crippen LogP contribution in [0.4, 0.5) is 0 Å². The summed E-state index contributed by atoms with van der Waals surface area (Å²) in [5.41, 5.74) is 3.48. The lowest BCUT2D eigenvalue weighted by Gasteiger charge is -2.47. The van der Waals surface area contributed by atoms with E-state index in [4.69, 9.17) is 16.6 Å². The first kappa shape index (κ1) is 33.8. The number of carbonyl (C=O) groups excluding carboxylic acids is 2. The standard InChI is InChI=1S/C36H48ClN7O2/c1-23-20-26(22-28(37)21-23)31-33(46)44(36(39-31)17-12-27(13-18-36)35(5,6)7)29(14-16-34(2,3)4)24-8-10-25(11-9-24)32(45)38-19-15-30-40-42-43-41-30/h8-11,20-22,27,29H,12-19H2,1-7H3,(H,38,45)(H,40,41,42,43). The second-order valence-electron chi connectivity index (χ2n) is 15.3. The first-order valence-corrected chi connectivity index (χ1v) is 16.8. The van der Waals surface area contributed by atoms with Gasteiger partial charge >= 0.3 is 0 Å². The van der Waals surface area contributed by atoms with Crippen molar-refractivity contribution in [3.8, 4) is 0 Å². The molecule has 246 valence electrons. The number of halogens is 1. The van der Waals surface area contributed by atoms with Crippen molar-refractivity contribution in [2.24, 2.45) is 21.7 Å². The molecule has 0 bridgehead atoms. The molecule has 0 radical (unpaired) electrons. The SMILES string of the molecule is Cc1cc(Cl)cc(C2=NC3(CCC(C(C)(C)C)CC3)N(C(CCC(C)(C)C)c3ccc(C(=O)NCCc4nn[nH]n4)cc3)C2=O)c1. The van der Waals surface area contributed by atoms with Gasteiger partial charge < -0.3 is 10.2 Å². The smallest absolute Gasteiger partial charge is 0.275 e. The normalized spacial score (nSPS) is 21.0. The third-order valence-corrected chi connectivity index (χ3v) is 9.80. The summed E-state index contributed by atoms with van der Waals surface area (Å²) in [5, 5.41) is 17.4. The molecule has 9 nitrogen and oxygen atoms in total. The summed E-state index contributed by atoms with van der Waals surface area (Å²) in [6.07, 6.45) is 5.84. The molecule has 1 fully saturated rings. The van der Waals surface area contributed by atoms with Crippen LogP contribution in [0.1, 0.15) is 119 Å². The molecule has 5 rings (SSSR count). The number of H-pyrrole nitrogens is 1. The summed E-state index contributed by atoms with van der Waals surface area (Å²) in [6, 6.07) is 13.3. The Hall–Kier alpha value is -3.59. The molecule has 1 aromatic heterocycles. The summed E-state index contributed by atoms with van der Waals surface area (Å²) < 4.78 is 0. The van der Waals surface area contributed by atoms with Crippen LogP contribution >= 0.6 is 11.6 Å². The molecule has 2 aliphatic rings. The quantitative estimate of drug-likeness (QED) is 0.254. The average molecular weight is 646 g/mol. The van der Waals surface area contributed by atoms with Gasteiger partial charge in [0.2, 0.25) is 0 Å². The summed E-state index contributed by atoms with van der Waals surface area (Å²) in [7, 11) is 0. The minimum Gasteiger partial charge on any atom is -0.352 e. The largest absolute Gasteiger partial charge is 0.352 e. The van der Waals surface area contributed by atoms with Gasteiger partial charge in [-0.25, -0.2) is 0 Å². The van der Waals surface area contributed by atoms with Crippen LogP contribution in [0.3, 0.4) is 0 Å². The number of aromatic nitrogens is 4. The minimum atomic E-state index is -0.627. The van der Waals surface area contributed by atoms with Gasteiger partial charge in [0.25, 0.3) is 11.8 Å². The van der Waals surface area contributed by atoms with Gasteiger partial charge in [0.1, 0.15) is 11.4 Å². The highest BCUT2D eigenvalue weighted by molar-refractivity contribution is 6.47. The maximum atomic E-state index is 14.7. The van der Waals surface area contributed by atoms with Crippen LogP contribution in [0.25, 0.3) is 0 Å². The van der Waals surface area contributed by atoms with E-state index < -0.39 is 5.66 Å². The fraction of sp³-hybridized carbons (Fsp3) is 0.556. The van der Waals surface area contributed by atoms with E-state index in [1.54, 1.807) is 0 Å². The van der Waals surface area contributed by atoms with Crippen LogP contribution in [-0.4, -0.2) is 55.3 Å². The number of nitrogens with zero attached hydrogens (tertiary/aromatic N) is 5. The molecule has 2 amide bonds. The summed E-state index contributed by atoms with van der Waals surface area (Å²) in [6.45, 7) is 16.0. The zero-order valence-corrected chi connectivity index (χ0v) is 29.0. The van der Waals surface area contributed by atoms with Crippen LogP contribution < -0.4 is 5.32 Å². The number of hydrogen-bond donors (Lipinski definition) is 2. The number of aliphatic imine (C=N–C) groups is 1. The van der Waals surface area contributed by atoms with Crippen molar-refractivity contribution in [1.82, 2.24) is 30.8 Å². The molecule has 3 aromatic rings. The van der Waals surface area contributed by atoms with E-state index in [0.29, 0.717) is 41.0 Å². The van der Waals surface area contributed by atoms with E-state index in [1.807, 2.05) is 49.4 Å². The first-order valence-electron chi connectivity index (χ1n) is 16.5. The predicted molar refractivity (Wildman–Crippen MR) is 182 cm³/mol. The number of tetrazole rings is 1. The van der Waals surface area contributed by atoms with E-state index in [2.05, 4.69) is 72.4 Å². The molecule has 1 aliphatic heterocycles. The highest BCUT2D eigenvalue weighted by Gasteiger charge is 2.52. The Balaban J connectivity index is 1.48. The minimum absolute atomic E-state index is 0.0435. The molecular formula is C36H48ClN7O2. The second kappa shape index (κ2) is 13.3. The molecule has 2 aromatic carbocycles. The third kappa shape index (κ3) is 7.68. The zero-order chi connectivity index (χ0) is 33.3. The molecule has 2 N–H and O–H groups in total. The van der Waals surface area contributed by atoms with Crippen molar-refractivity contribution in [1.29, 1.82) is 0 Å². The lowest BCUT2D eigenvalue weighted by atomic mass is 9.69. The molecule has 2 heterocycles. The number of rotatable bonds is 9. The number of benzene rings is 2. The molecule has 46 heavy (non-hydrogen) atoms. The number of hydrogen-bond acceptors (Lipinski definition) is 6. The Bertz CT molecular complexity index is 1540. The van der Waals surface area contributed by atoms with Crippen molar-refractivity contribution in [3.05, 3.63) is 75.6 Å². The number of amides is 2. The van der Waals surface area contributed by atoms with Gasteiger partial charge in [0, 0.05) is 29.1 Å². The van der Waals surface area contributed by atoms with Crippen molar-refractivity contribution in [2.45, 2.75) is 105 Å². The second-order valence-corrected chi connectivity index (χ2v) is 15.8.